The van der Waals surface area contributed by atoms with E-state index in [1.807, 2.05) is 24.3 Å². The molecule has 5 nitrogen and oxygen atoms in total. The van der Waals surface area contributed by atoms with Crippen molar-refractivity contribution < 1.29 is 14.3 Å². The summed E-state index contributed by atoms with van der Waals surface area (Å²) in [5.74, 6) is -1.22. The Balaban J connectivity index is 1.76. The molecule has 1 fully saturated rings. The van der Waals surface area contributed by atoms with Crippen molar-refractivity contribution >= 4 is 56.3 Å². The highest BCUT2D eigenvalue weighted by Crippen LogP contribution is 2.47. The van der Waals surface area contributed by atoms with E-state index < -0.39 is 11.8 Å². The second-order valence-electron chi connectivity index (χ2n) is 8.41. The van der Waals surface area contributed by atoms with E-state index in [0.717, 1.165) is 74.7 Å². The lowest BCUT2D eigenvalue weighted by molar-refractivity contribution is -0.131. The molecule has 0 spiro atoms. The van der Waals surface area contributed by atoms with Crippen LogP contribution in [-0.2, 0) is 4.79 Å². The van der Waals surface area contributed by atoms with E-state index >= 15 is 0 Å². The first-order valence-electron chi connectivity index (χ1n) is 11.1. The van der Waals surface area contributed by atoms with Crippen LogP contribution in [-0.4, -0.2) is 21.0 Å². The lowest BCUT2D eigenvalue weighted by Gasteiger charge is -2.32. The number of fused-ring (bicyclic) bond motifs is 1. The van der Waals surface area contributed by atoms with Crippen molar-refractivity contribution in [3.05, 3.63) is 104 Å². The number of carbonyl (C=O) groups is 1. The number of allylic oxidation sites excluding steroid dienone is 1. The van der Waals surface area contributed by atoms with Crippen LogP contribution in [0.2, 0.25) is 5.02 Å². The van der Waals surface area contributed by atoms with Gasteiger partial charge in [0.2, 0.25) is 0 Å². The third kappa shape index (κ3) is 4.83. The van der Waals surface area contributed by atoms with Crippen LogP contribution in [0, 0.1) is 11.7 Å². The van der Waals surface area contributed by atoms with Crippen molar-refractivity contribution in [1.29, 1.82) is 0 Å². The Morgan fingerprint density at radius 3 is 2.60 bits per heavy atom. The highest BCUT2D eigenvalue weighted by molar-refractivity contribution is 7.16. The number of nitrogens with zero attached hydrogens (tertiary/aromatic N) is 1. The zero-order chi connectivity index (χ0) is 24.5. The normalized spacial score (nSPS) is 14.8. The minimum absolute atomic E-state index is 0.125. The molecule has 4 aromatic rings. The summed E-state index contributed by atoms with van der Waals surface area (Å²) in [7, 11) is 0. The summed E-state index contributed by atoms with van der Waals surface area (Å²) >= 11 is 7.71. The summed E-state index contributed by atoms with van der Waals surface area (Å²) in [4.78, 5) is 30.0. The van der Waals surface area contributed by atoms with E-state index in [4.69, 9.17) is 16.7 Å². The lowest BCUT2D eigenvalue weighted by Crippen LogP contribution is -2.15. The van der Waals surface area contributed by atoms with Crippen molar-refractivity contribution in [2.24, 2.45) is 5.92 Å². The number of thiazole rings is 1. The number of aromatic amines is 1. The smallest absolute Gasteiger partial charge is 0.328 e. The Labute approximate surface area is 209 Å². The van der Waals surface area contributed by atoms with Gasteiger partial charge in [0.05, 0.1) is 20.9 Å². The van der Waals surface area contributed by atoms with Crippen molar-refractivity contribution in [2.45, 2.75) is 19.3 Å². The number of hydrogen-bond donors (Lipinski definition) is 2. The third-order valence-corrected chi connectivity index (χ3v) is 7.36. The molecular formula is C27H20ClFN2O3S. The fraction of sp³-hybridized carbons (Fsp3) is 0.148. The zero-order valence-corrected chi connectivity index (χ0v) is 20.0. The van der Waals surface area contributed by atoms with Gasteiger partial charge in [-0.1, -0.05) is 47.6 Å². The molecule has 0 unspecified atom stereocenters. The van der Waals surface area contributed by atoms with Crippen molar-refractivity contribution in [1.82, 2.24) is 9.97 Å². The molecule has 0 bridgehead atoms. The monoisotopic (exact) mass is 506 g/mol. The highest BCUT2D eigenvalue weighted by atomic mass is 35.5. The van der Waals surface area contributed by atoms with Gasteiger partial charge in [-0.05, 0) is 77.4 Å². The molecule has 1 saturated carbocycles. The fourth-order valence-electron chi connectivity index (χ4n) is 4.36. The summed E-state index contributed by atoms with van der Waals surface area (Å²) in [5, 5.41) is 9.24. The fourth-order valence-corrected chi connectivity index (χ4v) is 5.34. The predicted molar refractivity (Wildman–Crippen MR) is 138 cm³/mol. The van der Waals surface area contributed by atoms with Gasteiger partial charge < -0.3 is 10.1 Å². The van der Waals surface area contributed by atoms with Gasteiger partial charge in [0.15, 0.2) is 0 Å². The third-order valence-electron chi connectivity index (χ3n) is 6.18. The van der Waals surface area contributed by atoms with Gasteiger partial charge in [-0.25, -0.2) is 9.18 Å². The van der Waals surface area contributed by atoms with E-state index in [1.165, 1.54) is 18.2 Å². The first kappa shape index (κ1) is 23.2. The number of halogens is 2. The average Bonchev–Trinajstić information content (AvgIpc) is 3.16. The Bertz CT molecular complexity index is 1550. The first-order valence-corrected chi connectivity index (χ1v) is 12.3. The van der Waals surface area contributed by atoms with Crippen LogP contribution in [0.5, 0.6) is 0 Å². The second-order valence-corrected chi connectivity index (χ2v) is 9.83. The topological polar surface area (TPSA) is 83.0 Å². The SMILES string of the molecule is O=C(O)/C=C/c1ccc(/C(=C(\c2ccc(F)cc2Cl)C2CCC2)c2ccc3sc(=O)[nH]c3c2)cn1. The number of aromatic nitrogens is 2. The maximum atomic E-state index is 13.9. The average molecular weight is 507 g/mol. The second kappa shape index (κ2) is 9.60. The number of aliphatic carboxylic acids is 1. The van der Waals surface area contributed by atoms with Gasteiger partial charge in [0.25, 0.3) is 0 Å². The Morgan fingerprint density at radius 1 is 1.14 bits per heavy atom. The molecule has 2 heterocycles. The molecule has 35 heavy (non-hydrogen) atoms. The number of nitrogens with one attached hydrogen (secondary N) is 1. The molecule has 1 aliphatic carbocycles. The van der Waals surface area contributed by atoms with Gasteiger partial charge in [-0.2, -0.15) is 0 Å². The molecule has 2 N–H and O–H groups in total. The molecule has 2 aromatic heterocycles. The van der Waals surface area contributed by atoms with E-state index in [1.54, 1.807) is 18.3 Å². The number of H-pyrrole nitrogens is 1. The van der Waals surface area contributed by atoms with Crippen LogP contribution in [0.4, 0.5) is 4.39 Å². The zero-order valence-electron chi connectivity index (χ0n) is 18.4. The van der Waals surface area contributed by atoms with Crippen LogP contribution in [0.1, 0.15) is 41.6 Å². The number of carboxylic acids is 1. The maximum absolute atomic E-state index is 13.9. The summed E-state index contributed by atoms with van der Waals surface area (Å²) in [5.41, 5.74) is 5.62. The molecular weight excluding hydrogens is 487 g/mol. The van der Waals surface area contributed by atoms with Crippen molar-refractivity contribution in [3.63, 3.8) is 0 Å². The van der Waals surface area contributed by atoms with Crippen molar-refractivity contribution in [3.8, 4) is 0 Å². The van der Waals surface area contributed by atoms with E-state index in [9.17, 15) is 14.0 Å². The van der Waals surface area contributed by atoms with Crippen LogP contribution in [0.3, 0.4) is 0 Å². The maximum Gasteiger partial charge on any atom is 0.328 e. The molecule has 0 amide bonds. The molecule has 176 valence electrons. The number of rotatable bonds is 6. The highest BCUT2D eigenvalue weighted by Gasteiger charge is 2.29. The first-order chi connectivity index (χ1) is 16.9. The minimum Gasteiger partial charge on any atom is -0.478 e. The number of hydrogen-bond acceptors (Lipinski definition) is 4. The summed E-state index contributed by atoms with van der Waals surface area (Å²) in [6.07, 6.45) is 7.23. The molecule has 8 heteroatoms. The van der Waals surface area contributed by atoms with E-state index in [2.05, 4.69) is 9.97 Å². The van der Waals surface area contributed by atoms with Crippen LogP contribution < -0.4 is 4.87 Å². The molecule has 0 atom stereocenters. The molecule has 2 aromatic carbocycles. The standard InChI is InChI=1S/C27H20ClFN2O3S/c28-21-13-18(29)6-9-20(21)26(15-2-1-3-15)25(16-5-10-23-22(12-16)31-27(34)35-23)17-4-7-19(30-14-17)8-11-24(32)33/h4-15H,1-3H2,(H,31,34)(H,32,33)/b11-8+,26-25-. The van der Waals surface area contributed by atoms with Gasteiger partial charge >= 0.3 is 10.8 Å². The molecule has 0 saturated heterocycles. The molecule has 5 rings (SSSR count). The van der Waals surface area contributed by atoms with Crippen molar-refractivity contribution in [2.75, 3.05) is 0 Å². The molecule has 1 aliphatic rings. The Kier molecular flexibility index (Phi) is 6.36. The quantitative estimate of drug-likeness (QED) is 0.227. The number of benzene rings is 2. The Hall–Kier alpha value is -3.55. The number of pyridine rings is 1. The van der Waals surface area contributed by atoms with Gasteiger partial charge in [0.1, 0.15) is 5.82 Å². The summed E-state index contributed by atoms with van der Waals surface area (Å²) < 4.78 is 14.8. The van der Waals surface area contributed by atoms with E-state index in [-0.39, 0.29) is 10.8 Å². The summed E-state index contributed by atoms with van der Waals surface area (Å²) in [6.45, 7) is 0. The molecule has 0 aliphatic heterocycles. The minimum atomic E-state index is -1.05. The van der Waals surface area contributed by atoms with Crippen LogP contribution >= 0.6 is 22.9 Å². The summed E-state index contributed by atoms with van der Waals surface area (Å²) in [6, 6.07) is 13.9. The van der Waals surface area contributed by atoms with Gasteiger partial charge in [-0.3, -0.25) is 9.78 Å². The molecule has 0 radical (unpaired) electrons. The van der Waals surface area contributed by atoms with E-state index in [0.29, 0.717) is 10.7 Å². The van der Waals surface area contributed by atoms with Crippen LogP contribution in [0.15, 0.2) is 65.6 Å². The van der Waals surface area contributed by atoms with Gasteiger partial charge in [-0.15, -0.1) is 0 Å². The Morgan fingerprint density at radius 2 is 1.94 bits per heavy atom. The lowest BCUT2D eigenvalue weighted by atomic mass is 9.73. The van der Waals surface area contributed by atoms with Gasteiger partial charge in [0, 0.05) is 17.8 Å². The largest absolute Gasteiger partial charge is 0.478 e. The number of carboxylic acid groups (broad SMARTS) is 1. The van der Waals surface area contributed by atoms with Crippen LogP contribution in [0.25, 0.3) is 27.4 Å². The predicted octanol–water partition coefficient (Wildman–Crippen LogP) is 6.63.